The summed E-state index contributed by atoms with van der Waals surface area (Å²) in [5, 5.41) is 1.35. The van der Waals surface area contributed by atoms with Crippen molar-refractivity contribution in [2.75, 3.05) is 0 Å². The molecule has 1 fully saturated rings. The second-order valence-electron chi connectivity index (χ2n) is 6.31. The van der Waals surface area contributed by atoms with Crippen molar-refractivity contribution < 1.29 is 0 Å². The summed E-state index contributed by atoms with van der Waals surface area (Å²) in [5.41, 5.74) is 0.486. The molecule has 1 heterocycles. The van der Waals surface area contributed by atoms with Gasteiger partial charge in [-0.1, -0.05) is 46.5 Å². The molecule has 1 aliphatic rings. The predicted octanol–water partition coefficient (Wildman–Crippen LogP) is 5.34. The first kappa shape index (κ1) is 14.0. The van der Waals surface area contributed by atoms with Crippen LogP contribution in [0.15, 0.2) is 6.20 Å². The fourth-order valence-electron chi connectivity index (χ4n) is 3.33. The van der Waals surface area contributed by atoms with E-state index in [1.165, 1.54) is 50.0 Å². The van der Waals surface area contributed by atoms with Gasteiger partial charge in [0, 0.05) is 22.9 Å². The van der Waals surface area contributed by atoms with Crippen molar-refractivity contribution in [1.82, 2.24) is 4.98 Å². The lowest BCUT2D eigenvalue weighted by Crippen LogP contribution is -2.27. The molecule has 2 heteroatoms. The molecule has 1 nitrogen and oxygen atoms in total. The zero-order valence-electron chi connectivity index (χ0n) is 12.2. The summed E-state index contributed by atoms with van der Waals surface area (Å²) in [7, 11) is 0. The zero-order chi connectivity index (χ0) is 13.0. The molecule has 1 aromatic heterocycles. The summed E-state index contributed by atoms with van der Waals surface area (Å²) < 4.78 is 0. The van der Waals surface area contributed by atoms with Gasteiger partial charge < -0.3 is 0 Å². The van der Waals surface area contributed by atoms with Crippen LogP contribution in [0.25, 0.3) is 0 Å². The van der Waals surface area contributed by atoms with Crippen molar-refractivity contribution in [1.29, 1.82) is 0 Å². The highest BCUT2D eigenvalue weighted by Gasteiger charge is 2.34. The van der Waals surface area contributed by atoms with Gasteiger partial charge in [0.1, 0.15) is 0 Å². The first-order valence-corrected chi connectivity index (χ1v) is 8.43. The number of hydrogen-bond donors (Lipinski definition) is 0. The standard InChI is InChI=1S/C16H27NS/c1-4-8-16(9-6-5-7-10-16)14-12-17-15(18-14)11-13(2)3/h12-13H,4-11H2,1-3H3. The molecule has 0 N–H and O–H groups in total. The molecular weight excluding hydrogens is 238 g/mol. The number of nitrogens with zero attached hydrogens (tertiary/aromatic N) is 1. The topological polar surface area (TPSA) is 12.9 Å². The molecule has 0 amide bonds. The van der Waals surface area contributed by atoms with Crippen LogP contribution in [0.5, 0.6) is 0 Å². The maximum Gasteiger partial charge on any atom is 0.0930 e. The number of rotatable bonds is 5. The lowest BCUT2D eigenvalue weighted by molar-refractivity contribution is 0.276. The monoisotopic (exact) mass is 265 g/mol. The molecule has 0 atom stereocenters. The summed E-state index contributed by atoms with van der Waals surface area (Å²) in [6.45, 7) is 6.89. The van der Waals surface area contributed by atoms with Crippen LogP contribution >= 0.6 is 11.3 Å². The Bertz CT molecular complexity index is 355. The highest BCUT2D eigenvalue weighted by atomic mass is 32.1. The minimum absolute atomic E-state index is 0.486. The maximum absolute atomic E-state index is 4.68. The number of aromatic nitrogens is 1. The SMILES string of the molecule is CCCC1(c2cnc(CC(C)C)s2)CCCCC1. The second-order valence-corrected chi connectivity index (χ2v) is 7.42. The average molecular weight is 265 g/mol. The Labute approximate surface area is 116 Å². The van der Waals surface area contributed by atoms with Crippen LogP contribution in [0.4, 0.5) is 0 Å². The van der Waals surface area contributed by atoms with Gasteiger partial charge in [-0.3, -0.25) is 0 Å². The molecule has 1 aromatic rings. The van der Waals surface area contributed by atoms with Crippen LogP contribution in [-0.4, -0.2) is 4.98 Å². The van der Waals surface area contributed by atoms with E-state index in [-0.39, 0.29) is 0 Å². The van der Waals surface area contributed by atoms with E-state index in [1.807, 2.05) is 11.3 Å². The Morgan fingerprint density at radius 2 is 2.00 bits per heavy atom. The van der Waals surface area contributed by atoms with E-state index in [2.05, 4.69) is 32.0 Å². The van der Waals surface area contributed by atoms with Crippen molar-refractivity contribution >= 4 is 11.3 Å². The van der Waals surface area contributed by atoms with E-state index in [0.29, 0.717) is 5.41 Å². The first-order valence-electron chi connectivity index (χ1n) is 7.61. The average Bonchev–Trinajstić information content (AvgIpc) is 2.79. The summed E-state index contributed by atoms with van der Waals surface area (Å²) in [5.74, 6) is 0.720. The van der Waals surface area contributed by atoms with Gasteiger partial charge in [-0.2, -0.15) is 0 Å². The smallest absolute Gasteiger partial charge is 0.0930 e. The van der Waals surface area contributed by atoms with E-state index in [0.717, 1.165) is 12.3 Å². The van der Waals surface area contributed by atoms with E-state index in [4.69, 9.17) is 0 Å². The molecule has 1 aliphatic carbocycles. The Balaban J connectivity index is 2.17. The van der Waals surface area contributed by atoms with Gasteiger partial charge in [0.25, 0.3) is 0 Å². The summed E-state index contributed by atoms with van der Waals surface area (Å²) in [6.07, 6.45) is 13.1. The van der Waals surface area contributed by atoms with Crippen LogP contribution in [0.3, 0.4) is 0 Å². The van der Waals surface area contributed by atoms with Crippen molar-refractivity contribution in [3.05, 3.63) is 16.1 Å². The normalized spacial score (nSPS) is 19.3. The molecule has 0 radical (unpaired) electrons. The van der Waals surface area contributed by atoms with Crippen LogP contribution in [0, 0.1) is 5.92 Å². The zero-order valence-corrected chi connectivity index (χ0v) is 13.0. The van der Waals surface area contributed by atoms with Gasteiger partial charge in [-0.05, 0) is 25.2 Å². The predicted molar refractivity (Wildman–Crippen MR) is 80.3 cm³/mol. The van der Waals surface area contributed by atoms with Gasteiger partial charge in [-0.25, -0.2) is 4.98 Å². The summed E-state index contributed by atoms with van der Waals surface area (Å²) in [6, 6.07) is 0. The minimum Gasteiger partial charge on any atom is -0.249 e. The molecule has 0 aliphatic heterocycles. The maximum atomic E-state index is 4.68. The molecule has 18 heavy (non-hydrogen) atoms. The van der Waals surface area contributed by atoms with Crippen molar-refractivity contribution in [3.8, 4) is 0 Å². The summed E-state index contributed by atoms with van der Waals surface area (Å²) >= 11 is 2.00. The number of thiazole rings is 1. The molecule has 0 aromatic carbocycles. The molecule has 0 saturated heterocycles. The second kappa shape index (κ2) is 6.18. The Morgan fingerprint density at radius 1 is 1.28 bits per heavy atom. The molecule has 0 unspecified atom stereocenters. The van der Waals surface area contributed by atoms with Gasteiger partial charge in [-0.15, -0.1) is 11.3 Å². The third-order valence-corrected chi connectivity index (χ3v) is 5.46. The fourth-order valence-corrected chi connectivity index (χ4v) is 4.73. The third kappa shape index (κ3) is 3.14. The molecule has 1 saturated carbocycles. The van der Waals surface area contributed by atoms with E-state index < -0.39 is 0 Å². The molecule has 0 bridgehead atoms. The Morgan fingerprint density at radius 3 is 2.61 bits per heavy atom. The highest BCUT2D eigenvalue weighted by molar-refractivity contribution is 7.11. The van der Waals surface area contributed by atoms with Crippen molar-refractivity contribution in [2.24, 2.45) is 5.92 Å². The van der Waals surface area contributed by atoms with Crippen molar-refractivity contribution in [3.63, 3.8) is 0 Å². The Kier molecular flexibility index (Phi) is 4.83. The van der Waals surface area contributed by atoms with E-state index >= 15 is 0 Å². The van der Waals surface area contributed by atoms with Crippen LogP contribution in [0.1, 0.15) is 75.6 Å². The highest BCUT2D eigenvalue weighted by Crippen LogP contribution is 2.45. The summed E-state index contributed by atoms with van der Waals surface area (Å²) in [4.78, 5) is 6.26. The quantitative estimate of drug-likeness (QED) is 0.700. The molecule has 102 valence electrons. The van der Waals surface area contributed by atoms with E-state index in [9.17, 15) is 0 Å². The van der Waals surface area contributed by atoms with E-state index in [1.54, 1.807) is 4.88 Å². The van der Waals surface area contributed by atoms with Crippen LogP contribution in [-0.2, 0) is 11.8 Å². The van der Waals surface area contributed by atoms with Gasteiger partial charge in [0.2, 0.25) is 0 Å². The first-order chi connectivity index (χ1) is 8.66. The minimum atomic E-state index is 0.486. The third-order valence-electron chi connectivity index (χ3n) is 4.20. The Hall–Kier alpha value is -0.370. The van der Waals surface area contributed by atoms with Crippen LogP contribution in [0.2, 0.25) is 0 Å². The lowest BCUT2D eigenvalue weighted by Gasteiger charge is -2.36. The van der Waals surface area contributed by atoms with Crippen molar-refractivity contribution in [2.45, 2.75) is 77.6 Å². The molecule has 2 rings (SSSR count). The van der Waals surface area contributed by atoms with Gasteiger partial charge >= 0.3 is 0 Å². The fraction of sp³-hybridized carbons (Fsp3) is 0.812. The molecule has 0 spiro atoms. The number of hydrogen-bond acceptors (Lipinski definition) is 2. The van der Waals surface area contributed by atoms with Gasteiger partial charge in [0.15, 0.2) is 0 Å². The largest absolute Gasteiger partial charge is 0.249 e. The molecular formula is C16H27NS. The van der Waals surface area contributed by atoms with Gasteiger partial charge in [0.05, 0.1) is 5.01 Å². The van der Waals surface area contributed by atoms with Crippen LogP contribution < -0.4 is 0 Å². The lowest BCUT2D eigenvalue weighted by atomic mass is 9.70.